The van der Waals surface area contributed by atoms with Crippen molar-refractivity contribution in [2.24, 2.45) is 17.8 Å². The topological polar surface area (TPSA) is 38.3 Å². The Morgan fingerprint density at radius 3 is 2.75 bits per heavy atom. The number of carbonyl (C=O) groups excluding carboxylic acids is 1. The number of carbonyl (C=O) groups is 1. The fraction of sp³-hybridized carbons (Fsp3) is 0.588. The number of nitrogens with one attached hydrogen (secondary N) is 1. The molecule has 1 aromatic rings. The van der Waals surface area contributed by atoms with E-state index >= 15 is 0 Å². The molecule has 110 valence electrons. The fourth-order valence-corrected chi connectivity index (χ4v) is 3.26. The van der Waals surface area contributed by atoms with Gasteiger partial charge in [-0.1, -0.05) is 26.3 Å². The lowest BCUT2D eigenvalue weighted by Gasteiger charge is -2.13. The van der Waals surface area contributed by atoms with Gasteiger partial charge in [0.15, 0.2) is 0 Å². The van der Waals surface area contributed by atoms with Crippen molar-refractivity contribution in [2.45, 2.75) is 40.0 Å². The average Bonchev–Trinajstić information content (AvgIpc) is 2.82. The average molecular weight is 275 g/mol. The molecule has 0 saturated heterocycles. The predicted molar refractivity (Wildman–Crippen MR) is 82.0 cm³/mol. The van der Waals surface area contributed by atoms with Gasteiger partial charge in [0.1, 0.15) is 5.75 Å². The lowest BCUT2D eigenvalue weighted by Crippen LogP contribution is -2.20. The third-order valence-electron chi connectivity index (χ3n) is 4.62. The monoisotopic (exact) mass is 275 g/mol. The molecule has 1 amide bonds. The number of hydrogen-bond donors (Lipinski definition) is 1. The van der Waals surface area contributed by atoms with E-state index in [4.69, 9.17) is 4.74 Å². The van der Waals surface area contributed by atoms with E-state index in [9.17, 15) is 4.79 Å². The molecule has 3 heteroatoms. The van der Waals surface area contributed by atoms with Gasteiger partial charge in [-0.25, -0.2) is 0 Å². The highest BCUT2D eigenvalue weighted by Gasteiger charge is 2.34. The number of methoxy groups -OCH3 is 1. The molecule has 1 aliphatic carbocycles. The number of amides is 1. The Morgan fingerprint density at radius 1 is 1.40 bits per heavy atom. The van der Waals surface area contributed by atoms with E-state index in [-0.39, 0.29) is 11.8 Å². The van der Waals surface area contributed by atoms with Crippen molar-refractivity contribution >= 4 is 11.6 Å². The van der Waals surface area contributed by atoms with Gasteiger partial charge in [-0.2, -0.15) is 0 Å². The molecule has 3 unspecified atom stereocenters. The molecule has 0 spiro atoms. The maximum absolute atomic E-state index is 12.4. The van der Waals surface area contributed by atoms with E-state index in [1.54, 1.807) is 7.11 Å². The standard InChI is InChI=1S/C17H25NO2/c1-5-13-9-14(8-12(13)3)17(19)18-15-7-6-11(2)16(10-15)20-4/h6-7,10,12-14H,5,8-9H2,1-4H3,(H,18,19). The van der Waals surface area contributed by atoms with Gasteiger partial charge in [0.05, 0.1) is 7.11 Å². The molecule has 0 aliphatic heterocycles. The Morgan fingerprint density at radius 2 is 2.15 bits per heavy atom. The third kappa shape index (κ3) is 3.14. The number of ether oxygens (including phenoxy) is 1. The van der Waals surface area contributed by atoms with Crippen molar-refractivity contribution in [3.05, 3.63) is 23.8 Å². The largest absolute Gasteiger partial charge is 0.496 e. The molecule has 1 aromatic carbocycles. The van der Waals surface area contributed by atoms with Crippen molar-refractivity contribution in [1.29, 1.82) is 0 Å². The first kappa shape index (κ1) is 14.9. The van der Waals surface area contributed by atoms with Gasteiger partial charge in [-0.05, 0) is 43.2 Å². The highest BCUT2D eigenvalue weighted by molar-refractivity contribution is 5.93. The first-order valence-corrected chi connectivity index (χ1v) is 7.50. The summed E-state index contributed by atoms with van der Waals surface area (Å²) in [6.45, 7) is 6.47. The van der Waals surface area contributed by atoms with Crippen LogP contribution in [0.15, 0.2) is 18.2 Å². The van der Waals surface area contributed by atoms with Crippen LogP contribution in [0.1, 0.15) is 38.7 Å². The van der Waals surface area contributed by atoms with Crippen molar-refractivity contribution in [1.82, 2.24) is 0 Å². The van der Waals surface area contributed by atoms with Gasteiger partial charge < -0.3 is 10.1 Å². The zero-order valence-corrected chi connectivity index (χ0v) is 12.9. The molecule has 3 atom stereocenters. The molecule has 0 radical (unpaired) electrons. The number of hydrogen-bond acceptors (Lipinski definition) is 2. The lowest BCUT2D eigenvalue weighted by atomic mass is 9.96. The van der Waals surface area contributed by atoms with Crippen LogP contribution < -0.4 is 10.1 Å². The van der Waals surface area contributed by atoms with Gasteiger partial charge in [-0.15, -0.1) is 0 Å². The number of anilines is 1. The zero-order chi connectivity index (χ0) is 14.7. The Hall–Kier alpha value is -1.51. The molecule has 0 aromatic heterocycles. The first-order valence-electron chi connectivity index (χ1n) is 7.50. The minimum atomic E-state index is 0.152. The number of rotatable bonds is 4. The molecule has 0 bridgehead atoms. The van der Waals surface area contributed by atoms with E-state index in [0.29, 0.717) is 11.8 Å². The van der Waals surface area contributed by atoms with Crippen LogP contribution in [0.4, 0.5) is 5.69 Å². The van der Waals surface area contributed by atoms with Crippen molar-refractivity contribution in [3.63, 3.8) is 0 Å². The molecular weight excluding hydrogens is 250 g/mol. The van der Waals surface area contributed by atoms with Gasteiger partial charge in [-0.3, -0.25) is 4.79 Å². The fourth-order valence-electron chi connectivity index (χ4n) is 3.26. The Kier molecular flexibility index (Phi) is 4.69. The van der Waals surface area contributed by atoms with E-state index in [2.05, 4.69) is 19.2 Å². The van der Waals surface area contributed by atoms with Crippen LogP contribution >= 0.6 is 0 Å². The quantitative estimate of drug-likeness (QED) is 0.901. The SMILES string of the molecule is CCC1CC(C(=O)Nc2ccc(C)c(OC)c2)CC1C. The Balaban J connectivity index is 2.02. The summed E-state index contributed by atoms with van der Waals surface area (Å²) < 4.78 is 5.29. The van der Waals surface area contributed by atoms with Gasteiger partial charge >= 0.3 is 0 Å². The number of aryl methyl sites for hydroxylation is 1. The summed E-state index contributed by atoms with van der Waals surface area (Å²) in [7, 11) is 1.65. The predicted octanol–water partition coefficient (Wildman–Crippen LogP) is 4.01. The summed E-state index contributed by atoms with van der Waals surface area (Å²) in [6.07, 6.45) is 3.20. The Bertz CT molecular complexity index is 484. The van der Waals surface area contributed by atoms with E-state index in [0.717, 1.165) is 29.8 Å². The zero-order valence-electron chi connectivity index (χ0n) is 12.9. The molecule has 1 saturated carbocycles. The molecule has 1 fully saturated rings. The van der Waals surface area contributed by atoms with Crippen LogP contribution in [0.5, 0.6) is 5.75 Å². The molecular formula is C17H25NO2. The molecule has 3 nitrogen and oxygen atoms in total. The number of benzene rings is 1. The van der Waals surface area contributed by atoms with Crippen molar-refractivity contribution in [3.8, 4) is 5.75 Å². The summed E-state index contributed by atoms with van der Waals surface area (Å²) in [5.74, 6) is 2.47. The highest BCUT2D eigenvalue weighted by atomic mass is 16.5. The van der Waals surface area contributed by atoms with Crippen molar-refractivity contribution in [2.75, 3.05) is 12.4 Å². The Labute approximate surface area is 121 Å². The summed E-state index contributed by atoms with van der Waals surface area (Å²) in [5.41, 5.74) is 1.90. The second-order valence-corrected chi connectivity index (χ2v) is 5.99. The molecule has 20 heavy (non-hydrogen) atoms. The van der Waals surface area contributed by atoms with E-state index in [1.807, 2.05) is 25.1 Å². The van der Waals surface area contributed by atoms with Crippen LogP contribution in [-0.4, -0.2) is 13.0 Å². The van der Waals surface area contributed by atoms with Crippen molar-refractivity contribution < 1.29 is 9.53 Å². The highest BCUT2D eigenvalue weighted by Crippen LogP contribution is 2.38. The van der Waals surface area contributed by atoms with E-state index in [1.165, 1.54) is 6.42 Å². The van der Waals surface area contributed by atoms with Gasteiger partial charge in [0.2, 0.25) is 5.91 Å². The van der Waals surface area contributed by atoms with Gasteiger partial charge in [0, 0.05) is 17.7 Å². The van der Waals surface area contributed by atoms with E-state index < -0.39 is 0 Å². The maximum atomic E-state index is 12.4. The first-order chi connectivity index (χ1) is 9.55. The molecule has 1 aliphatic rings. The second-order valence-electron chi connectivity index (χ2n) is 5.99. The molecule has 0 heterocycles. The van der Waals surface area contributed by atoms with Gasteiger partial charge in [0.25, 0.3) is 0 Å². The van der Waals surface area contributed by atoms with Crippen LogP contribution in [0.3, 0.4) is 0 Å². The third-order valence-corrected chi connectivity index (χ3v) is 4.62. The summed E-state index contributed by atoms with van der Waals surface area (Å²) in [5, 5.41) is 3.03. The normalized spacial score (nSPS) is 25.5. The maximum Gasteiger partial charge on any atom is 0.227 e. The second kappa shape index (κ2) is 6.29. The van der Waals surface area contributed by atoms with Crippen LogP contribution in [0, 0.1) is 24.7 Å². The summed E-state index contributed by atoms with van der Waals surface area (Å²) in [6, 6.07) is 5.80. The summed E-state index contributed by atoms with van der Waals surface area (Å²) in [4.78, 5) is 12.4. The molecule has 2 rings (SSSR count). The van der Waals surface area contributed by atoms with Crippen LogP contribution in [0.2, 0.25) is 0 Å². The molecule has 1 N–H and O–H groups in total. The van der Waals surface area contributed by atoms with Crippen LogP contribution in [-0.2, 0) is 4.79 Å². The minimum Gasteiger partial charge on any atom is -0.496 e. The summed E-state index contributed by atoms with van der Waals surface area (Å²) >= 11 is 0. The lowest BCUT2D eigenvalue weighted by molar-refractivity contribution is -0.119. The smallest absolute Gasteiger partial charge is 0.227 e. The minimum absolute atomic E-state index is 0.152. The van der Waals surface area contributed by atoms with Crippen LogP contribution in [0.25, 0.3) is 0 Å².